The Kier molecular flexibility index (Phi) is 7.24. The van der Waals surface area contributed by atoms with Crippen molar-refractivity contribution in [3.05, 3.63) is 206 Å². The Bertz CT molecular complexity index is 3860. The summed E-state index contributed by atoms with van der Waals surface area (Å²) in [5.41, 5.74) is 14.4. The van der Waals surface area contributed by atoms with E-state index in [0.29, 0.717) is 5.95 Å². The molecule has 4 heterocycles. The summed E-state index contributed by atoms with van der Waals surface area (Å²) in [6, 6.07) is 73.0. The van der Waals surface area contributed by atoms with Crippen LogP contribution in [0.3, 0.4) is 0 Å². The van der Waals surface area contributed by atoms with Gasteiger partial charge < -0.3 is 8.98 Å². The van der Waals surface area contributed by atoms with E-state index in [1.807, 2.05) is 6.07 Å². The van der Waals surface area contributed by atoms with Crippen LogP contribution in [0.25, 0.3) is 122 Å². The van der Waals surface area contributed by atoms with E-state index in [1.54, 1.807) is 0 Å². The molecule has 0 amide bonds. The third kappa shape index (κ3) is 5.08. The minimum Gasteiger partial charge on any atom is -0.455 e. The van der Waals surface area contributed by atoms with Crippen LogP contribution in [-0.4, -0.2) is 19.1 Å². The van der Waals surface area contributed by atoms with Crippen molar-refractivity contribution in [2.45, 2.75) is 0 Å². The molecule has 0 N–H and O–H groups in total. The van der Waals surface area contributed by atoms with Crippen LogP contribution in [0, 0.1) is 0 Å². The summed E-state index contributed by atoms with van der Waals surface area (Å²) >= 11 is 0. The molecule has 0 saturated carbocycles. The van der Waals surface area contributed by atoms with E-state index in [9.17, 15) is 0 Å². The largest absolute Gasteiger partial charge is 0.455 e. The highest BCUT2D eigenvalue weighted by atomic mass is 16.3. The third-order valence-electron chi connectivity index (χ3n) is 12.3. The van der Waals surface area contributed by atoms with Crippen LogP contribution in [0.5, 0.6) is 0 Å². The molecule has 0 aliphatic carbocycles. The molecular formula is C56H34N4O. The molecule has 0 saturated heterocycles. The van der Waals surface area contributed by atoms with Gasteiger partial charge in [-0.1, -0.05) is 158 Å². The number of rotatable bonds is 5. The standard InChI is InChI=1S/C56H34N4O/c1-3-15-35(16-4-1)36-27-29-37(30-28-36)53-43-21-7-11-23-47(43)57-56(58-53)60-49-25-13-9-22-44(49)52-54(60)45(34-46-42-20-10-14-26-51(42)61-55(46)52)38-31-32-41-40-19-8-12-24-48(40)59(50(41)33-38)39-17-5-2-6-18-39/h1-34H. The van der Waals surface area contributed by atoms with E-state index in [4.69, 9.17) is 14.4 Å². The number of hydrogen-bond donors (Lipinski definition) is 0. The Morgan fingerprint density at radius 3 is 1.77 bits per heavy atom. The molecule has 0 fully saturated rings. The molecule has 5 heteroatoms. The average Bonchev–Trinajstić information content (AvgIpc) is 3.99. The summed E-state index contributed by atoms with van der Waals surface area (Å²) in [6.45, 7) is 0. The van der Waals surface area contributed by atoms with E-state index >= 15 is 0 Å². The van der Waals surface area contributed by atoms with Crippen molar-refractivity contribution in [3.8, 4) is 45.1 Å². The van der Waals surface area contributed by atoms with Crippen LogP contribution in [-0.2, 0) is 0 Å². The maximum Gasteiger partial charge on any atom is 0.235 e. The highest BCUT2D eigenvalue weighted by Gasteiger charge is 2.25. The lowest BCUT2D eigenvalue weighted by molar-refractivity contribution is 0.673. The molecule has 13 aromatic rings. The van der Waals surface area contributed by atoms with Gasteiger partial charge in [-0.05, 0) is 65.2 Å². The van der Waals surface area contributed by atoms with Gasteiger partial charge >= 0.3 is 0 Å². The fraction of sp³-hybridized carbons (Fsp3) is 0. The lowest BCUT2D eigenvalue weighted by Crippen LogP contribution is -2.04. The Balaban J connectivity index is 1.14. The Hall–Kier alpha value is -8.28. The van der Waals surface area contributed by atoms with Crippen molar-refractivity contribution in [3.63, 3.8) is 0 Å². The van der Waals surface area contributed by atoms with Gasteiger partial charge in [0.25, 0.3) is 0 Å². The van der Waals surface area contributed by atoms with Crippen LogP contribution in [0.4, 0.5) is 0 Å². The molecule has 0 bridgehead atoms. The zero-order valence-electron chi connectivity index (χ0n) is 32.8. The van der Waals surface area contributed by atoms with Gasteiger partial charge in [-0.15, -0.1) is 0 Å². The first-order valence-corrected chi connectivity index (χ1v) is 20.7. The first kappa shape index (κ1) is 33.7. The second-order valence-corrected chi connectivity index (χ2v) is 15.7. The number of hydrogen-bond acceptors (Lipinski definition) is 3. The minimum absolute atomic E-state index is 0.600. The van der Waals surface area contributed by atoms with Crippen LogP contribution < -0.4 is 0 Å². The fourth-order valence-electron chi connectivity index (χ4n) is 9.59. The number of aromatic nitrogens is 4. The van der Waals surface area contributed by atoms with Gasteiger partial charge in [-0.2, -0.15) is 0 Å². The van der Waals surface area contributed by atoms with Crippen molar-refractivity contribution in [2.24, 2.45) is 0 Å². The summed E-state index contributed by atoms with van der Waals surface area (Å²) < 4.78 is 11.5. The number of nitrogens with zero attached hydrogens (tertiary/aromatic N) is 4. The van der Waals surface area contributed by atoms with E-state index in [0.717, 1.165) is 93.8 Å². The Morgan fingerprint density at radius 2 is 0.967 bits per heavy atom. The Morgan fingerprint density at radius 1 is 0.377 bits per heavy atom. The number of fused-ring (bicyclic) bond motifs is 11. The number of para-hydroxylation sites is 5. The molecule has 5 nitrogen and oxygen atoms in total. The molecule has 0 radical (unpaired) electrons. The smallest absolute Gasteiger partial charge is 0.235 e. The fourth-order valence-corrected chi connectivity index (χ4v) is 9.59. The molecule has 284 valence electrons. The van der Waals surface area contributed by atoms with Crippen molar-refractivity contribution in [1.29, 1.82) is 0 Å². The lowest BCUT2D eigenvalue weighted by Gasteiger charge is -2.14. The minimum atomic E-state index is 0.600. The highest BCUT2D eigenvalue weighted by molar-refractivity contribution is 6.27. The van der Waals surface area contributed by atoms with Crippen LogP contribution >= 0.6 is 0 Å². The second-order valence-electron chi connectivity index (χ2n) is 15.7. The van der Waals surface area contributed by atoms with Crippen LogP contribution in [0.15, 0.2) is 211 Å². The van der Waals surface area contributed by atoms with Crippen molar-refractivity contribution >= 4 is 76.5 Å². The predicted molar refractivity (Wildman–Crippen MR) is 252 cm³/mol. The third-order valence-corrected chi connectivity index (χ3v) is 12.3. The number of benzene rings is 9. The molecule has 61 heavy (non-hydrogen) atoms. The van der Waals surface area contributed by atoms with Crippen molar-refractivity contribution in [2.75, 3.05) is 0 Å². The summed E-state index contributed by atoms with van der Waals surface area (Å²) in [5, 5.41) is 7.69. The van der Waals surface area contributed by atoms with Gasteiger partial charge in [0.15, 0.2) is 0 Å². The summed E-state index contributed by atoms with van der Waals surface area (Å²) in [7, 11) is 0. The average molecular weight is 779 g/mol. The first-order valence-electron chi connectivity index (χ1n) is 20.7. The first-order chi connectivity index (χ1) is 30.3. The molecule has 0 aliphatic rings. The lowest BCUT2D eigenvalue weighted by atomic mass is 9.97. The SMILES string of the molecule is c1ccc(-c2ccc(-c3nc(-n4c5ccccc5c5c6oc7ccccc7c6cc(-c6ccc7c8ccccc8n(-c8ccccc8)c7c6)c54)nc4ccccc34)cc2)cc1. The van der Waals surface area contributed by atoms with Gasteiger partial charge in [0.2, 0.25) is 5.95 Å². The summed E-state index contributed by atoms with van der Waals surface area (Å²) in [4.78, 5) is 10.9. The maximum absolute atomic E-state index is 6.85. The van der Waals surface area contributed by atoms with E-state index < -0.39 is 0 Å². The molecular weight excluding hydrogens is 745 g/mol. The Labute approximate surface area is 350 Å². The molecule has 9 aromatic carbocycles. The molecule has 0 spiro atoms. The van der Waals surface area contributed by atoms with Crippen molar-refractivity contribution in [1.82, 2.24) is 19.1 Å². The molecule has 13 rings (SSSR count). The zero-order valence-corrected chi connectivity index (χ0v) is 32.8. The van der Waals surface area contributed by atoms with Gasteiger partial charge in [0.05, 0.1) is 38.7 Å². The van der Waals surface area contributed by atoms with Crippen molar-refractivity contribution < 1.29 is 4.42 Å². The van der Waals surface area contributed by atoms with Gasteiger partial charge in [-0.25, -0.2) is 9.97 Å². The van der Waals surface area contributed by atoms with E-state index in [2.05, 4.69) is 209 Å². The molecule has 0 aliphatic heterocycles. The van der Waals surface area contributed by atoms with Crippen LogP contribution in [0.2, 0.25) is 0 Å². The van der Waals surface area contributed by atoms with E-state index in [1.165, 1.54) is 21.9 Å². The summed E-state index contributed by atoms with van der Waals surface area (Å²) in [6.07, 6.45) is 0. The second kappa shape index (κ2) is 13.1. The van der Waals surface area contributed by atoms with Gasteiger partial charge in [-0.3, -0.25) is 4.57 Å². The molecule has 4 aromatic heterocycles. The predicted octanol–water partition coefficient (Wildman–Crippen LogP) is 14.7. The topological polar surface area (TPSA) is 48.8 Å². The van der Waals surface area contributed by atoms with E-state index in [-0.39, 0.29) is 0 Å². The quantitative estimate of drug-likeness (QED) is 0.175. The van der Waals surface area contributed by atoms with Gasteiger partial charge in [0.1, 0.15) is 11.2 Å². The van der Waals surface area contributed by atoms with Crippen LogP contribution in [0.1, 0.15) is 0 Å². The normalized spacial score (nSPS) is 11.9. The van der Waals surface area contributed by atoms with Gasteiger partial charge in [0, 0.05) is 49.1 Å². The highest BCUT2D eigenvalue weighted by Crippen LogP contribution is 2.46. The zero-order chi connectivity index (χ0) is 40.0. The maximum atomic E-state index is 6.85. The molecule has 0 atom stereocenters. The monoisotopic (exact) mass is 778 g/mol. The summed E-state index contributed by atoms with van der Waals surface area (Å²) in [5.74, 6) is 0.600. The number of furan rings is 1. The molecule has 0 unspecified atom stereocenters.